The van der Waals surface area contributed by atoms with Gasteiger partial charge < -0.3 is 10.1 Å². The van der Waals surface area contributed by atoms with Crippen LogP contribution in [0.25, 0.3) is 0 Å². The van der Waals surface area contributed by atoms with Gasteiger partial charge in [-0.05, 0) is 65.1 Å². The van der Waals surface area contributed by atoms with Gasteiger partial charge >= 0.3 is 0 Å². The second kappa shape index (κ2) is 5.84. The monoisotopic (exact) mass is 343 g/mol. The molecule has 2 heterocycles. The molecule has 4 heteroatoms. The fourth-order valence-electron chi connectivity index (χ4n) is 3.14. The third-order valence-electron chi connectivity index (χ3n) is 4.56. The Bertz CT molecular complexity index is 439. The van der Waals surface area contributed by atoms with Crippen molar-refractivity contribution >= 4 is 27.3 Å². The zero-order valence-electron chi connectivity index (χ0n) is 11.5. The summed E-state index contributed by atoms with van der Waals surface area (Å²) in [6, 6.07) is 2.88. The molecule has 1 aliphatic heterocycles. The molecule has 0 saturated carbocycles. The lowest BCUT2D eigenvalue weighted by atomic mass is 9.81. The fraction of sp³-hybridized carbons (Fsp3) is 0.733. The number of hydrogen-bond donors (Lipinski definition) is 1. The van der Waals surface area contributed by atoms with Crippen molar-refractivity contribution in [1.29, 1.82) is 0 Å². The van der Waals surface area contributed by atoms with E-state index in [0.717, 1.165) is 19.8 Å². The molecule has 2 aliphatic rings. The van der Waals surface area contributed by atoms with Crippen LogP contribution in [-0.2, 0) is 11.2 Å². The molecular weight excluding hydrogens is 322 g/mol. The van der Waals surface area contributed by atoms with Gasteiger partial charge in [-0.1, -0.05) is 6.92 Å². The molecule has 1 unspecified atom stereocenters. The normalized spacial score (nSPS) is 26.1. The molecule has 0 amide bonds. The Balaban J connectivity index is 1.64. The van der Waals surface area contributed by atoms with Crippen LogP contribution in [0, 0.1) is 5.41 Å². The molecule has 1 aliphatic carbocycles. The maximum atomic E-state index is 5.48. The molecule has 0 bridgehead atoms. The van der Waals surface area contributed by atoms with Gasteiger partial charge in [0.15, 0.2) is 0 Å². The van der Waals surface area contributed by atoms with Gasteiger partial charge in [-0.15, -0.1) is 11.3 Å². The van der Waals surface area contributed by atoms with Crippen LogP contribution in [0.4, 0.5) is 0 Å². The Morgan fingerprint density at radius 2 is 2.26 bits per heavy atom. The molecule has 2 nitrogen and oxygen atoms in total. The van der Waals surface area contributed by atoms with Gasteiger partial charge in [-0.25, -0.2) is 0 Å². The van der Waals surface area contributed by atoms with Crippen molar-refractivity contribution in [1.82, 2.24) is 5.32 Å². The average Bonchev–Trinajstić information content (AvgIpc) is 2.78. The fourth-order valence-corrected chi connectivity index (χ4v) is 4.96. The standard InChI is InChI=1S/C15H22BrNOS/c1-15(5-7-18-8-6-15)10-17-12-3-2-4-13-11(12)9-14(16)19-13/h9,12,17H,2-8,10H2,1H3. The first-order valence-electron chi connectivity index (χ1n) is 7.26. The molecule has 106 valence electrons. The summed E-state index contributed by atoms with van der Waals surface area (Å²) in [5.74, 6) is 0. The highest BCUT2D eigenvalue weighted by atomic mass is 79.9. The zero-order valence-corrected chi connectivity index (χ0v) is 13.9. The van der Waals surface area contributed by atoms with Crippen molar-refractivity contribution in [3.63, 3.8) is 0 Å². The van der Waals surface area contributed by atoms with Crippen molar-refractivity contribution in [2.75, 3.05) is 19.8 Å². The zero-order chi connectivity index (χ0) is 13.3. The average molecular weight is 344 g/mol. The third kappa shape index (κ3) is 3.23. The van der Waals surface area contributed by atoms with E-state index in [1.807, 2.05) is 11.3 Å². The number of aryl methyl sites for hydroxylation is 1. The summed E-state index contributed by atoms with van der Waals surface area (Å²) in [4.78, 5) is 1.58. The first kappa shape index (κ1) is 14.1. The van der Waals surface area contributed by atoms with Crippen molar-refractivity contribution in [2.24, 2.45) is 5.41 Å². The van der Waals surface area contributed by atoms with Gasteiger partial charge in [0.1, 0.15) is 0 Å². The molecule has 1 saturated heterocycles. The molecule has 1 atom stereocenters. The number of fused-ring (bicyclic) bond motifs is 1. The maximum absolute atomic E-state index is 5.48. The Morgan fingerprint density at radius 1 is 1.47 bits per heavy atom. The molecule has 0 spiro atoms. The van der Waals surface area contributed by atoms with E-state index < -0.39 is 0 Å². The number of ether oxygens (including phenoxy) is 1. The van der Waals surface area contributed by atoms with Crippen LogP contribution in [-0.4, -0.2) is 19.8 Å². The van der Waals surface area contributed by atoms with Crippen molar-refractivity contribution in [2.45, 2.75) is 45.1 Å². The molecule has 1 N–H and O–H groups in total. The lowest BCUT2D eigenvalue weighted by molar-refractivity contribution is 0.0226. The largest absolute Gasteiger partial charge is 0.381 e. The van der Waals surface area contributed by atoms with Crippen LogP contribution in [0.2, 0.25) is 0 Å². The van der Waals surface area contributed by atoms with E-state index in [1.54, 1.807) is 10.4 Å². The van der Waals surface area contributed by atoms with Crippen LogP contribution in [0.1, 0.15) is 49.1 Å². The molecule has 1 aromatic rings. The summed E-state index contributed by atoms with van der Waals surface area (Å²) in [5.41, 5.74) is 1.96. The second-order valence-corrected chi connectivity index (χ2v) is 8.69. The predicted octanol–water partition coefficient (Wildman–Crippen LogP) is 4.29. The van der Waals surface area contributed by atoms with E-state index >= 15 is 0 Å². The molecule has 3 rings (SSSR count). The van der Waals surface area contributed by atoms with Crippen LogP contribution >= 0.6 is 27.3 Å². The smallest absolute Gasteiger partial charge is 0.0704 e. The van der Waals surface area contributed by atoms with Crippen molar-refractivity contribution in [3.8, 4) is 0 Å². The molecule has 0 radical (unpaired) electrons. The Hall–Kier alpha value is 0.1000. The topological polar surface area (TPSA) is 21.3 Å². The Morgan fingerprint density at radius 3 is 3.05 bits per heavy atom. The predicted molar refractivity (Wildman–Crippen MR) is 83.9 cm³/mol. The van der Waals surface area contributed by atoms with Gasteiger partial charge in [0, 0.05) is 30.7 Å². The number of nitrogens with one attached hydrogen (secondary N) is 1. The Labute approximate surface area is 128 Å². The summed E-state index contributed by atoms with van der Waals surface area (Å²) in [7, 11) is 0. The summed E-state index contributed by atoms with van der Waals surface area (Å²) in [6.07, 6.45) is 6.23. The van der Waals surface area contributed by atoms with Crippen molar-refractivity contribution < 1.29 is 4.74 Å². The highest BCUT2D eigenvalue weighted by Crippen LogP contribution is 2.39. The number of thiophene rings is 1. The molecule has 1 aromatic heterocycles. The Kier molecular flexibility index (Phi) is 4.32. The lowest BCUT2D eigenvalue weighted by Crippen LogP contribution is -2.38. The van der Waals surface area contributed by atoms with Gasteiger partial charge in [0.05, 0.1) is 3.79 Å². The second-order valence-electron chi connectivity index (χ2n) is 6.18. The summed E-state index contributed by atoms with van der Waals surface area (Å²) < 4.78 is 6.77. The molecule has 1 fully saturated rings. The van der Waals surface area contributed by atoms with Gasteiger partial charge in [-0.2, -0.15) is 0 Å². The molecular formula is C15H22BrNOS. The summed E-state index contributed by atoms with van der Waals surface area (Å²) in [6.45, 7) is 5.37. The van der Waals surface area contributed by atoms with E-state index in [-0.39, 0.29) is 0 Å². The van der Waals surface area contributed by atoms with Crippen LogP contribution in [0.3, 0.4) is 0 Å². The number of rotatable bonds is 3. The first-order valence-corrected chi connectivity index (χ1v) is 8.86. The van der Waals surface area contributed by atoms with E-state index in [2.05, 4.69) is 34.2 Å². The number of halogens is 1. The highest BCUT2D eigenvalue weighted by Gasteiger charge is 2.29. The quantitative estimate of drug-likeness (QED) is 0.883. The number of hydrogen-bond acceptors (Lipinski definition) is 3. The van der Waals surface area contributed by atoms with Crippen molar-refractivity contribution in [3.05, 3.63) is 20.3 Å². The van der Waals surface area contributed by atoms with E-state index in [9.17, 15) is 0 Å². The van der Waals surface area contributed by atoms with Gasteiger partial charge in [0.2, 0.25) is 0 Å². The van der Waals surface area contributed by atoms with Gasteiger partial charge in [0.25, 0.3) is 0 Å². The first-order chi connectivity index (χ1) is 9.16. The lowest BCUT2D eigenvalue weighted by Gasteiger charge is -2.36. The van der Waals surface area contributed by atoms with E-state index in [0.29, 0.717) is 11.5 Å². The van der Waals surface area contributed by atoms with Crippen LogP contribution in [0.15, 0.2) is 9.85 Å². The third-order valence-corrected chi connectivity index (χ3v) is 6.27. The van der Waals surface area contributed by atoms with E-state index in [4.69, 9.17) is 4.74 Å². The minimum atomic E-state index is 0.420. The minimum Gasteiger partial charge on any atom is -0.381 e. The van der Waals surface area contributed by atoms with Crippen LogP contribution in [0.5, 0.6) is 0 Å². The maximum Gasteiger partial charge on any atom is 0.0704 e. The molecule has 0 aromatic carbocycles. The summed E-state index contributed by atoms with van der Waals surface area (Å²) in [5, 5.41) is 3.83. The summed E-state index contributed by atoms with van der Waals surface area (Å²) >= 11 is 5.54. The minimum absolute atomic E-state index is 0.420. The van der Waals surface area contributed by atoms with E-state index in [1.165, 1.54) is 35.9 Å². The van der Waals surface area contributed by atoms with Gasteiger partial charge in [-0.3, -0.25) is 0 Å². The van der Waals surface area contributed by atoms with Crippen LogP contribution < -0.4 is 5.32 Å². The highest BCUT2D eigenvalue weighted by molar-refractivity contribution is 9.11. The molecule has 19 heavy (non-hydrogen) atoms. The SMILES string of the molecule is CC1(CNC2CCCc3sc(Br)cc32)CCOCC1.